The molecule has 0 spiro atoms. The van der Waals surface area contributed by atoms with Crippen molar-refractivity contribution in [3.8, 4) is 23.0 Å². The van der Waals surface area contributed by atoms with E-state index in [1.54, 1.807) is 4.90 Å². The van der Waals surface area contributed by atoms with Crippen molar-refractivity contribution < 1.29 is 35.8 Å². The van der Waals surface area contributed by atoms with Crippen molar-refractivity contribution in [2.45, 2.75) is 68.8 Å². The molecule has 1 aromatic carbocycles. The highest BCUT2D eigenvalue weighted by Crippen LogP contribution is 2.54. The van der Waals surface area contributed by atoms with Crippen LogP contribution in [0, 0.1) is 17.7 Å². The van der Waals surface area contributed by atoms with Gasteiger partial charge in [0, 0.05) is 19.5 Å². The lowest BCUT2D eigenvalue weighted by molar-refractivity contribution is -0.137. The number of rotatable bonds is 4. The Morgan fingerprint density at radius 2 is 1.98 bits per heavy atom. The maximum atomic E-state index is 16.8. The van der Waals surface area contributed by atoms with Crippen LogP contribution in [0.5, 0.6) is 11.8 Å². The van der Waals surface area contributed by atoms with Gasteiger partial charge < -0.3 is 20.1 Å². The zero-order valence-electron chi connectivity index (χ0n) is 24.1. The van der Waals surface area contributed by atoms with Crippen molar-refractivity contribution >= 4 is 34.1 Å². The molecular weight excluding hydrogens is 626 g/mol. The predicted molar refractivity (Wildman–Crippen MR) is 153 cm³/mol. The van der Waals surface area contributed by atoms with Crippen molar-refractivity contribution in [1.82, 2.24) is 19.9 Å². The van der Waals surface area contributed by atoms with E-state index in [-0.39, 0.29) is 60.0 Å². The molecular formula is C30H29ClF6N6O2. The van der Waals surface area contributed by atoms with E-state index in [4.69, 9.17) is 31.8 Å². The zero-order chi connectivity index (χ0) is 31.6. The molecule has 4 aliphatic heterocycles. The maximum Gasteiger partial charge on any atom is 0.418 e. The number of nitrogens with zero attached hydrogens (tertiary/aromatic N) is 5. The van der Waals surface area contributed by atoms with Gasteiger partial charge in [-0.25, -0.2) is 18.2 Å². The molecule has 1 saturated carbocycles. The number of nitrogen functional groups attached to an aromatic ring is 1. The first-order valence-corrected chi connectivity index (χ1v) is 15.4. The van der Waals surface area contributed by atoms with Crippen LogP contribution in [0.1, 0.15) is 44.6 Å². The van der Waals surface area contributed by atoms with Gasteiger partial charge in [0.1, 0.15) is 29.9 Å². The number of anilines is 2. The summed E-state index contributed by atoms with van der Waals surface area (Å²) in [6.07, 6.45) is -2.36. The fourth-order valence-electron chi connectivity index (χ4n) is 8.35. The normalized spacial score (nSPS) is 30.0. The fourth-order valence-corrected chi connectivity index (χ4v) is 8.66. The predicted octanol–water partition coefficient (Wildman–Crippen LogP) is 6.33. The standard InChI is InChI=1S/C30H29ClF6N6O2/c1-13-24-15-3-2-14(8-15)9-43(24)26-19-23(40-27(41-26)44-12-28-6-7-42(28)11-29(33,34)10-28)21(32)18(20(31)25(19)45-13)22-16(30(35,36)37)4-5-17(38)39-22/h4-5,13-15,24H,2-3,6-12H2,1H3,(H2,38,39)/t13-,14-,15+,24+,28+/m0/s1. The van der Waals surface area contributed by atoms with Gasteiger partial charge in [0.25, 0.3) is 5.92 Å². The fraction of sp³-hybridized carbons (Fsp3) is 0.567. The van der Waals surface area contributed by atoms with Gasteiger partial charge in [0.2, 0.25) is 0 Å². The van der Waals surface area contributed by atoms with Crippen LogP contribution in [0.2, 0.25) is 5.02 Å². The third-order valence-corrected chi connectivity index (χ3v) is 10.7. The van der Waals surface area contributed by atoms with Crippen LogP contribution in [-0.4, -0.2) is 69.7 Å². The Hall–Kier alpha value is -3.26. The van der Waals surface area contributed by atoms with Crippen LogP contribution >= 0.6 is 11.6 Å². The highest BCUT2D eigenvalue weighted by atomic mass is 35.5. The number of ether oxygens (including phenoxy) is 2. The number of nitrogens with two attached hydrogens (primary N) is 1. The molecule has 2 N–H and O–H groups in total. The van der Waals surface area contributed by atoms with E-state index in [2.05, 4.69) is 14.9 Å². The van der Waals surface area contributed by atoms with Crippen molar-refractivity contribution in [3.05, 3.63) is 28.5 Å². The summed E-state index contributed by atoms with van der Waals surface area (Å²) in [7, 11) is 0. The number of benzene rings is 1. The molecule has 0 amide bonds. The van der Waals surface area contributed by atoms with Crippen LogP contribution < -0.4 is 20.1 Å². The molecule has 8 rings (SSSR count). The summed E-state index contributed by atoms with van der Waals surface area (Å²) in [5.74, 6) is -3.48. The van der Waals surface area contributed by atoms with Gasteiger partial charge in [-0.1, -0.05) is 11.6 Å². The van der Waals surface area contributed by atoms with E-state index in [9.17, 15) is 22.0 Å². The molecule has 2 aromatic heterocycles. The van der Waals surface area contributed by atoms with Gasteiger partial charge in [0.05, 0.1) is 45.4 Å². The van der Waals surface area contributed by atoms with Gasteiger partial charge in [-0.2, -0.15) is 23.1 Å². The molecule has 5 atom stereocenters. The Morgan fingerprint density at radius 1 is 1.18 bits per heavy atom. The third kappa shape index (κ3) is 4.41. The molecule has 8 nitrogen and oxygen atoms in total. The number of hydrogen-bond donors (Lipinski definition) is 1. The smallest absolute Gasteiger partial charge is 0.418 e. The van der Waals surface area contributed by atoms with Gasteiger partial charge in [-0.05, 0) is 56.6 Å². The summed E-state index contributed by atoms with van der Waals surface area (Å²) < 4.78 is 100. The highest BCUT2D eigenvalue weighted by Gasteiger charge is 2.60. The van der Waals surface area contributed by atoms with Crippen molar-refractivity contribution in [2.75, 3.05) is 36.9 Å². The minimum atomic E-state index is -4.91. The van der Waals surface area contributed by atoms with E-state index in [0.717, 1.165) is 31.4 Å². The minimum Gasteiger partial charge on any atom is -0.486 e. The number of piperidine rings is 1. The van der Waals surface area contributed by atoms with E-state index < -0.39 is 51.4 Å². The molecule has 5 aliphatic rings. The Kier molecular flexibility index (Phi) is 6.24. The third-order valence-electron chi connectivity index (χ3n) is 10.3. The quantitative estimate of drug-likeness (QED) is 0.327. The number of halogens is 7. The van der Waals surface area contributed by atoms with Crippen molar-refractivity contribution in [2.24, 2.45) is 11.8 Å². The van der Waals surface area contributed by atoms with E-state index in [1.807, 2.05) is 6.92 Å². The second-order valence-electron chi connectivity index (χ2n) is 13.1. The average molecular weight is 655 g/mol. The lowest BCUT2D eigenvalue weighted by Crippen LogP contribution is -2.59. The summed E-state index contributed by atoms with van der Waals surface area (Å²) in [6.45, 7) is 2.43. The number of hydrogen-bond acceptors (Lipinski definition) is 8. The molecule has 1 aliphatic carbocycles. The maximum absolute atomic E-state index is 16.8. The van der Waals surface area contributed by atoms with Gasteiger partial charge in [0.15, 0.2) is 11.6 Å². The van der Waals surface area contributed by atoms with Crippen LogP contribution in [-0.2, 0) is 6.18 Å². The molecule has 6 heterocycles. The summed E-state index contributed by atoms with van der Waals surface area (Å²) in [5, 5.41) is -0.297. The molecule has 4 fully saturated rings. The second-order valence-corrected chi connectivity index (χ2v) is 13.5. The molecule has 15 heteroatoms. The Bertz CT molecular complexity index is 1740. The lowest BCUT2D eigenvalue weighted by atomic mass is 9.85. The summed E-state index contributed by atoms with van der Waals surface area (Å²) >= 11 is 6.78. The average Bonchev–Trinajstić information content (AvgIpc) is 3.37. The van der Waals surface area contributed by atoms with Crippen LogP contribution in [0.3, 0.4) is 0 Å². The first-order chi connectivity index (χ1) is 21.2. The lowest BCUT2D eigenvalue weighted by Gasteiger charge is -2.46. The monoisotopic (exact) mass is 654 g/mol. The van der Waals surface area contributed by atoms with Crippen LogP contribution in [0.25, 0.3) is 22.2 Å². The molecule has 3 saturated heterocycles. The van der Waals surface area contributed by atoms with E-state index in [1.165, 1.54) is 0 Å². The summed E-state index contributed by atoms with van der Waals surface area (Å²) in [5.41, 5.74) is 1.80. The summed E-state index contributed by atoms with van der Waals surface area (Å²) in [4.78, 5) is 16.6. The first kappa shape index (κ1) is 29.2. The van der Waals surface area contributed by atoms with Crippen molar-refractivity contribution in [3.63, 3.8) is 0 Å². The molecule has 2 bridgehead atoms. The second kappa shape index (κ2) is 9.63. The molecule has 240 valence electrons. The van der Waals surface area contributed by atoms with Crippen LogP contribution in [0.4, 0.5) is 38.0 Å². The number of alkyl halides is 5. The zero-order valence-corrected chi connectivity index (χ0v) is 24.9. The molecule has 0 radical (unpaired) electrons. The molecule has 3 aromatic rings. The molecule has 0 unspecified atom stereocenters. The van der Waals surface area contributed by atoms with Gasteiger partial charge in [-0.3, -0.25) is 4.90 Å². The first-order valence-electron chi connectivity index (χ1n) is 15.0. The molecule has 45 heavy (non-hydrogen) atoms. The Labute approximate surface area is 258 Å². The van der Waals surface area contributed by atoms with Gasteiger partial charge >= 0.3 is 12.2 Å². The SMILES string of the molecule is C[C@@H]1Oc2c(Cl)c(-c3nc(N)ccc3C(F)(F)F)c(F)c3nc(OC[C@]45CCN4CC(F)(F)C5)nc(c23)N2C[C@H]3CC[C@H](C3)[C@@H]12. The number of fused-ring (bicyclic) bond motifs is 6. The number of pyridine rings is 1. The Balaban J connectivity index is 1.33. The van der Waals surface area contributed by atoms with Crippen LogP contribution in [0.15, 0.2) is 12.1 Å². The minimum absolute atomic E-state index is 0.0565. The Morgan fingerprint density at radius 3 is 2.69 bits per heavy atom. The highest BCUT2D eigenvalue weighted by molar-refractivity contribution is 6.36. The van der Waals surface area contributed by atoms with Crippen molar-refractivity contribution in [1.29, 1.82) is 0 Å². The van der Waals surface area contributed by atoms with Gasteiger partial charge in [-0.15, -0.1) is 0 Å². The summed E-state index contributed by atoms with van der Waals surface area (Å²) in [6, 6.07) is 1.24. The number of aromatic nitrogens is 3. The topological polar surface area (TPSA) is 89.6 Å². The van der Waals surface area contributed by atoms with E-state index >= 15 is 4.39 Å². The van der Waals surface area contributed by atoms with E-state index in [0.29, 0.717) is 31.2 Å². The largest absolute Gasteiger partial charge is 0.486 e.